The minimum Gasteiger partial charge on any atom is -0.451 e. The van der Waals surface area contributed by atoms with Crippen molar-refractivity contribution in [1.29, 1.82) is 0 Å². The third-order valence-electron chi connectivity index (χ3n) is 2.95. The van der Waals surface area contributed by atoms with Gasteiger partial charge in [0.2, 0.25) is 0 Å². The van der Waals surface area contributed by atoms with Gasteiger partial charge in [0.05, 0.1) is 0 Å². The monoisotopic (exact) mass is 281 g/mol. The first kappa shape index (κ1) is 14.5. The number of nitrogens with one attached hydrogen (secondary N) is 1. The Balaban J connectivity index is 1.86. The molecule has 1 amide bonds. The molecule has 1 aliphatic rings. The standard InChI is InChI=1S/C14H16FNO4/c1-9(20-14(18)12-6-3-7-19-12)13(17)16-11-5-2-4-10(15)8-11/h2,4-5,8-9,12H,3,6-7H2,1H3,(H,16,17)/t9-,12+/m1/s1. The van der Waals surface area contributed by atoms with Gasteiger partial charge >= 0.3 is 5.97 Å². The highest BCUT2D eigenvalue weighted by Crippen LogP contribution is 2.15. The van der Waals surface area contributed by atoms with Gasteiger partial charge in [-0.2, -0.15) is 0 Å². The number of hydrogen-bond donors (Lipinski definition) is 1. The van der Waals surface area contributed by atoms with Gasteiger partial charge in [0.1, 0.15) is 5.82 Å². The lowest BCUT2D eigenvalue weighted by atomic mass is 10.2. The highest BCUT2D eigenvalue weighted by molar-refractivity contribution is 5.95. The SMILES string of the molecule is C[C@@H](OC(=O)[C@@H]1CCCO1)C(=O)Nc1cccc(F)c1. The maximum absolute atomic E-state index is 13.0. The summed E-state index contributed by atoms with van der Waals surface area (Å²) in [6, 6.07) is 5.49. The summed E-state index contributed by atoms with van der Waals surface area (Å²) >= 11 is 0. The van der Waals surface area contributed by atoms with Crippen molar-refractivity contribution in [3.05, 3.63) is 30.1 Å². The molecule has 0 spiro atoms. The largest absolute Gasteiger partial charge is 0.451 e. The first-order valence-electron chi connectivity index (χ1n) is 6.45. The van der Waals surface area contributed by atoms with Crippen LogP contribution in [0.3, 0.4) is 0 Å². The minimum absolute atomic E-state index is 0.315. The van der Waals surface area contributed by atoms with Crippen molar-refractivity contribution in [1.82, 2.24) is 0 Å². The molecule has 0 radical (unpaired) electrons. The lowest BCUT2D eigenvalue weighted by Gasteiger charge is -2.15. The van der Waals surface area contributed by atoms with Gasteiger partial charge in [-0.1, -0.05) is 6.07 Å². The molecule has 1 N–H and O–H groups in total. The molecule has 0 bridgehead atoms. The number of anilines is 1. The van der Waals surface area contributed by atoms with Gasteiger partial charge in [-0.15, -0.1) is 0 Å². The number of hydrogen-bond acceptors (Lipinski definition) is 4. The van der Waals surface area contributed by atoms with Crippen LogP contribution in [0.1, 0.15) is 19.8 Å². The van der Waals surface area contributed by atoms with E-state index in [4.69, 9.17) is 9.47 Å². The Labute approximate surface area is 116 Å². The van der Waals surface area contributed by atoms with E-state index in [1.807, 2.05) is 0 Å². The lowest BCUT2D eigenvalue weighted by Crippen LogP contribution is -2.34. The molecule has 20 heavy (non-hydrogen) atoms. The molecule has 1 saturated heterocycles. The van der Waals surface area contributed by atoms with Crippen LogP contribution in [0.15, 0.2) is 24.3 Å². The maximum Gasteiger partial charge on any atom is 0.336 e. The third kappa shape index (κ3) is 3.77. The Morgan fingerprint density at radius 3 is 2.95 bits per heavy atom. The molecule has 0 unspecified atom stereocenters. The number of esters is 1. The van der Waals surface area contributed by atoms with Gasteiger partial charge in [-0.05, 0) is 38.0 Å². The number of halogens is 1. The zero-order chi connectivity index (χ0) is 14.5. The van der Waals surface area contributed by atoms with Crippen molar-refractivity contribution in [3.63, 3.8) is 0 Å². The second kappa shape index (κ2) is 6.47. The highest BCUT2D eigenvalue weighted by Gasteiger charge is 2.28. The first-order chi connectivity index (χ1) is 9.56. The van der Waals surface area contributed by atoms with Crippen LogP contribution in [0.2, 0.25) is 0 Å². The van der Waals surface area contributed by atoms with Gasteiger partial charge in [-0.3, -0.25) is 4.79 Å². The van der Waals surface area contributed by atoms with Crippen molar-refractivity contribution < 1.29 is 23.5 Å². The fraction of sp³-hybridized carbons (Fsp3) is 0.429. The van der Waals surface area contributed by atoms with Gasteiger partial charge in [0, 0.05) is 12.3 Å². The molecule has 1 fully saturated rings. The lowest BCUT2D eigenvalue weighted by molar-refractivity contribution is -0.162. The topological polar surface area (TPSA) is 64.6 Å². The van der Waals surface area contributed by atoms with E-state index in [-0.39, 0.29) is 0 Å². The van der Waals surface area contributed by atoms with Crippen molar-refractivity contribution >= 4 is 17.6 Å². The van der Waals surface area contributed by atoms with Crippen molar-refractivity contribution in [2.45, 2.75) is 32.0 Å². The molecular formula is C14H16FNO4. The van der Waals surface area contributed by atoms with Crippen LogP contribution in [0.5, 0.6) is 0 Å². The molecule has 2 rings (SSSR count). The van der Waals surface area contributed by atoms with Crippen LogP contribution in [0.4, 0.5) is 10.1 Å². The predicted molar refractivity (Wildman–Crippen MR) is 69.6 cm³/mol. The second-order valence-electron chi connectivity index (χ2n) is 4.58. The number of carbonyl (C=O) groups is 2. The highest BCUT2D eigenvalue weighted by atomic mass is 19.1. The second-order valence-corrected chi connectivity index (χ2v) is 4.58. The molecule has 1 aliphatic heterocycles. The summed E-state index contributed by atoms with van der Waals surface area (Å²) in [6.07, 6.45) is -0.129. The predicted octanol–water partition coefficient (Wildman–Crippen LogP) is 1.87. The molecule has 1 aromatic carbocycles. The Hall–Kier alpha value is -1.95. The van der Waals surface area contributed by atoms with Gasteiger partial charge < -0.3 is 14.8 Å². The van der Waals surface area contributed by atoms with E-state index < -0.39 is 29.9 Å². The Morgan fingerprint density at radius 2 is 2.30 bits per heavy atom. The number of ether oxygens (including phenoxy) is 2. The first-order valence-corrected chi connectivity index (χ1v) is 6.45. The zero-order valence-corrected chi connectivity index (χ0v) is 11.1. The average Bonchev–Trinajstić information content (AvgIpc) is 2.92. The van der Waals surface area contributed by atoms with E-state index in [0.717, 1.165) is 6.42 Å². The van der Waals surface area contributed by atoms with Crippen LogP contribution in [0.25, 0.3) is 0 Å². The van der Waals surface area contributed by atoms with Crippen LogP contribution in [-0.4, -0.2) is 30.7 Å². The van der Waals surface area contributed by atoms with Gasteiger partial charge in [-0.25, -0.2) is 9.18 Å². The number of amides is 1. The van der Waals surface area contributed by atoms with E-state index in [9.17, 15) is 14.0 Å². The molecular weight excluding hydrogens is 265 g/mol. The molecule has 0 saturated carbocycles. The number of rotatable bonds is 4. The quantitative estimate of drug-likeness (QED) is 0.856. The van der Waals surface area contributed by atoms with Crippen LogP contribution in [-0.2, 0) is 19.1 Å². The summed E-state index contributed by atoms with van der Waals surface area (Å²) in [4.78, 5) is 23.5. The molecule has 108 valence electrons. The van der Waals surface area contributed by atoms with Crippen LogP contribution in [0, 0.1) is 5.82 Å². The smallest absolute Gasteiger partial charge is 0.336 e. The van der Waals surface area contributed by atoms with E-state index in [2.05, 4.69) is 5.32 Å². The fourth-order valence-corrected chi connectivity index (χ4v) is 1.88. The molecule has 1 heterocycles. The summed E-state index contributed by atoms with van der Waals surface area (Å²) in [5.41, 5.74) is 0.315. The third-order valence-corrected chi connectivity index (χ3v) is 2.95. The molecule has 6 heteroatoms. The van der Waals surface area contributed by atoms with Crippen LogP contribution >= 0.6 is 0 Å². The van der Waals surface area contributed by atoms with E-state index >= 15 is 0 Å². The Morgan fingerprint density at radius 1 is 1.50 bits per heavy atom. The fourth-order valence-electron chi connectivity index (χ4n) is 1.88. The van der Waals surface area contributed by atoms with Crippen molar-refractivity contribution in [2.24, 2.45) is 0 Å². The Bertz CT molecular complexity index is 500. The molecule has 0 aliphatic carbocycles. The Kier molecular flexibility index (Phi) is 4.68. The zero-order valence-electron chi connectivity index (χ0n) is 11.1. The van der Waals surface area contributed by atoms with Crippen molar-refractivity contribution in [2.75, 3.05) is 11.9 Å². The van der Waals surface area contributed by atoms with E-state index in [1.54, 1.807) is 6.07 Å². The van der Waals surface area contributed by atoms with E-state index in [0.29, 0.717) is 18.7 Å². The van der Waals surface area contributed by atoms with Crippen molar-refractivity contribution in [3.8, 4) is 0 Å². The maximum atomic E-state index is 13.0. The molecule has 0 aromatic heterocycles. The van der Waals surface area contributed by atoms with E-state index in [1.165, 1.54) is 25.1 Å². The van der Waals surface area contributed by atoms with Gasteiger partial charge in [0.15, 0.2) is 12.2 Å². The normalized spacial score (nSPS) is 19.4. The summed E-state index contributed by atoms with van der Waals surface area (Å²) in [5.74, 6) is -1.50. The van der Waals surface area contributed by atoms with Crippen LogP contribution < -0.4 is 5.32 Å². The summed E-state index contributed by atoms with van der Waals surface area (Å²) < 4.78 is 23.2. The summed E-state index contributed by atoms with van der Waals surface area (Å²) in [6.45, 7) is 1.99. The summed E-state index contributed by atoms with van der Waals surface area (Å²) in [5, 5.41) is 2.48. The summed E-state index contributed by atoms with van der Waals surface area (Å²) in [7, 11) is 0. The number of carbonyl (C=O) groups excluding carboxylic acids is 2. The number of benzene rings is 1. The van der Waals surface area contributed by atoms with Gasteiger partial charge in [0.25, 0.3) is 5.91 Å². The molecule has 1 aromatic rings. The molecule has 2 atom stereocenters. The average molecular weight is 281 g/mol. The molecule has 5 nitrogen and oxygen atoms in total. The minimum atomic E-state index is -0.963.